The van der Waals surface area contributed by atoms with Crippen molar-refractivity contribution in [1.82, 2.24) is 0 Å². The Morgan fingerprint density at radius 1 is 1.67 bits per heavy atom. The van der Waals surface area contributed by atoms with E-state index in [2.05, 4.69) is 0 Å². The van der Waals surface area contributed by atoms with Crippen molar-refractivity contribution >= 4 is 11.8 Å². The molecule has 2 atom stereocenters. The molecule has 1 rings (SSSR count). The highest BCUT2D eigenvalue weighted by molar-refractivity contribution is 6.00. The third kappa shape index (κ3) is 1.84. The van der Waals surface area contributed by atoms with Crippen LogP contribution in [0.2, 0.25) is 0 Å². The Balaban J connectivity index is 2.52. The summed E-state index contributed by atoms with van der Waals surface area (Å²) >= 11 is 0. The number of hydrogen-bond acceptors (Lipinski definition) is 3. The highest BCUT2D eigenvalue weighted by Crippen LogP contribution is 2.22. The monoisotopic (exact) mass is 170 g/mol. The van der Waals surface area contributed by atoms with Gasteiger partial charge in [0, 0.05) is 12.8 Å². The molecule has 12 heavy (non-hydrogen) atoms. The summed E-state index contributed by atoms with van der Waals surface area (Å²) in [6, 6.07) is 0. The minimum absolute atomic E-state index is 0.0341. The summed E-state index contributed by atoms with van der Waals surface area (Å²) < 4.78 is 4.88. The molecule has 0 spiro atoms. The SMILES string of the molecule is CCCC(=O)[C@@H]1C[C@H](C)OC1=O. The van der Waals surface area contributed by atoms with Gasteiger partial charge in [-0.05, 0) is 13.3 Å². The van der Waals surface area contributed by atoms with Crippen molar-refractivity contribution in [3.05, 3.63) is 0 Å². The van der Waals surface area contributed by atoms with Crippen LogP contribution in [0.3, 0.4) is 0 Å². The van der Waals surface area contributed by atoms with Gasteiger partial charge in [0.15, 0.2) is 0 Å². The first-order chi connectivity index (χ1) is 5.65. The van der Waals surface area contributed by atoms with Gasteiger partial charge in [-0.15, -0.1) is 0 Å². The van der Waals surface area contributed by atoms with Gasteiger partial charge >= 0.3 is 5.97 Å². The van der Waals surface area contributed by atoms with Crippen LogP contribution in [0.15, 0.2) is 0 Å². The number of cyclic esters (lactones) is 1. The van der Waals surface area contributed by atoms with E-state index in [0.29, 0.717) is 12.8 Å². The van der Waals surface area contributed by atoms with E-state index in [-0.39, 0.29) is 17.9 Å². The highest BCUT2D eigenvalue weighted by atomic mass is 16.5. The topological polar surface area (TPSA) is 43.4 Å². The molecule has 1 heterocycles. The van der Waals surface area contributed by atoms with Gasteiger partial charge in [0.05, 0.1) is 0 Å². The van der Waals surface area contributed by atoms with Crippen molar-refractivity contribution in [2.24, 2.45) is 5.92 Å². The van der Waals surface area contributed by atoms with Gasteiger partial charge in [-0.1, -0.05) is 6.92 Å². The van der Waals surface area contributed by atoms with Crippen LogP contribution >= 0.6 is 0 Å². The number of ketones is 1. The molecular weight excluding hydrogens is 156 g/mol. The van der Waals surface area contributed by atoms with Crippen molar-refractivity contribution < 1.29 is 14.3 Å². The number of carbonyl (C=O) groups excluding carboxylic acids is 2. The average Bonchev–Trinajstić information content (AvgIpc) is 2.30. The fourth-order valence-electron chi connectivity index (χ4n) is 1.44. The quantitative estimate of drug-likeness (QED) is 0.473. The van der Waals surface area contributed by atoms with E-state index in [0.717, 1.165) is 6.42 Å². The van der Waals surface area contributed by atoms with Gasteiger partial charge < -0.3 is 4.74 Å². The van der Waals surface area contributed by atoms with Crippen LogP contribution in [0.5, 0.6) is 0 Å². The molecule has 68 valence electrons. The molecule has 1 aliphatic heterocycles. The number of carbonyl (C=O) groups is 2. The molecule has 0 aromatic carbocycles. The predicted molar refractivity (Wildman–Crippen MR) is 43.6 cm³/mol. The Labute approximate surface area is 72.1 Å². The largest absolute Gasteiger partial charge is 0.462 e. The van der Waals surface area contributed by atoms with Crippen LogP contribution in [-0.2, 0) is 14.3 Å². The maximum atomic E-state index is 11.3. The smallest absolute Gasteiger partial charge is 0.316 e. The van der Waals surface area contributed by atoms with Crippen LogP contribution in [0.4, 0.5) is 0 Å². The molecule has 3 nitrogen and oxygen atoms in total. The minimum atomic E-state index is -0.472. The molecule has 1 aliphatic rings. The summed E-state index contributed by atoms with van der Waals surface area (Å²) in [7, 11) is 0. The number of ether oxygens (including phenoxy) is 1. The van der Waals surface area contributed by atoms with E-state index in [9.17, 15) is 9.59 Å². The van der Waals surface area contributed by atoms with Crippen molar-refractivity contribution in [3.8, 4) is 0 Å². The maximum absolute atomic E-state index is 11.3. The van der Waals surface area contributed by atoms with Crippen molar-refractivity contribution in [2.75, 3.05) is 0 Å². The van der Waals surface area contributed by atoms with Gasteiger partial charge in [-0.3, -0.25) is 9.59 Å². The van der Waals surface area contributed by atoms with Crippen LogP contribution in [0.1, 0.15) is 33.1 Å². The lowest BCUT2D eigenvalue weighted by atomic mass is 9.97. The molecule has 0 N–H and O–H groups in total. The summed E-state index contributed by atoms with van der Waals surface area (Å²) in [5, 5.41) is 0. The van der Waals surface area contributed by atoms with Crippen molar-refractivity contribution in [3.63, 3.8) is 0 Å². The Bertz CT molecular complexity index is 198. The molecule has 0 aliphatic carbocycles. The Morgan fingerprint density at radius 2 is 2.33 bits per heavy atom. The number of hydrogen-bond donors (Lipinski definition) is 0. The highest BCUT2D eigenvalue weighted by Gasteiger charge is 2.36. The fourth-order valence-corrected chi connectivity index (χ4v) is 1.44. The molecule has 0 radical (unpaired) electrons. The Morgan fingerprint density at radius 3 is 2.75 bits per heavy atom. The second-order valence-corrected chi connectivity index (χ2v) is 3.25. The number of rotatable bonds is 3. The zero-order valence-corrected chi connectivity index (χ0v) is 7.50. The molecule has 1 saturated heterocycles. The van der Waals surface area contributed by atoms with Crippen molar-refractivity contribution in [1.29, 1.82) is 0 Å². The lowest BCUT2D eigenvalue weighted by Crippen LogP contribution is -2.18. The zero-order chi connectivity index (χ0) is 9.14. The van der Waals surface area contributed by atoms with E-state index in [1.165, 1.54) is 0 Å². The molecule has 0 unspecified atom stereocenters. The minimum Gasteiger partial charge on any atom is -0.462 e. The number of Topliss-reactive ketones (excluding diaryl/α,β-unsaturated/α-hetero) is 1. The fraction of sp³-hybridized carbons (Fsp3) is 0.778. The van der Waals surface area contributed by atoms with Crippen LogP contribution in [0, 0.1) is 5.92 Å². The first kappa shape index (κ1) is 9.23. The lowest BCUT2D eigenvalue weighted by Gasteiger charge is -2.01. The zero-order valence-electron chi connectivity index (χ0n) is 7.50. The van der Waals surface area contributed by atoms with E-state index in [1.807, 2.05) is 13.8 Å². The normalized spacial score (nSPS) is 28.7. The summed E-state index contributed by atoms with van der Waals surface area (Å²) in [4.78, 5) is 22.4. The third-order valence-electron chi connectivity index (χ3n) is 2.05. The van der Waals surface area contributed by atoms with E-state index >= 15 is 0 Å². The molecule has 0 amide bonds. The summed E-state index contributed by atoms with van der Waals surface area (Å²) in [5.74, 6) is -0.771. The Kier molecular flexibility index (Phi) is 2.84. The van der Waals surface area contributed by atoms with Crippen LogP contribution in [-0.4, -0.2) is 17.9 Å². The molecule has 0 aromatic heterocycles. The first-order valence-corrected chi connectivity index (χ1v) is 4.38. The summed E-state index contributed by atoms with van der Waals surface area (Å²) in [5.41, 5.74) is 0. The van der Waals surface area contributed by atoms with Crippen molar-refractivity contribution in [2.45, 2.75) is 39.2 Å². The lowest BCUT2D eigenvalue weighted by molar-refractivity contribution is -0.146. The maximum Gasteiger partial charge on any atom is 0.316 e. The Hall–Kier alpha value is -0.860. The van der Waals surface area contributed by atoms with Crippen LogP contribution < -0.4 is 0 Å². The van der Waals surface area contributed by atoms with Gasteiger partial charge in [0.1, 0.15) is 17.8 Å². The summed E-state index contributed by atoms with van der Waals surface area (Å²) in [6.45, 7) is 3.75. The third-order valence-corrected chi connectivity index (χ3v) is 2.05. The summed E-state index contributed by atoms with van der Waals surface area (Å²) in [6.07, 6.45) is 1.78. The average molecular weight is 170 g/mol. The molecule has 0 aromatic rings. The number of esters is 1. The molecule has 1 fully saturated rings. The second-order valence-electron chi connectivity index (χ2n) is 3.25. The molecule has 3 heteroatoms. The standard InChI is InChI=1S/C9H14O3/c1-3-4-8(10)7-5-6(2)12-9(7)11/h6-7H,3-5H2,1-2H3/t6-,7-/m0/s1. The molecule has 0 bridgehead atoms. The van der Waals surface area contributed by atoms with Gasteiger partial charge in [0.2, 0.25) is 0 Å². The predicted octanol–water partition coefficient (Wildman–Crippen LogP) is 1.31. The molecular formula is C9H14O3. The van der Waals surface area contributed by atoms with Gasteiger partial charge in [-0.25, -0.2) is 0 Å². The van der Waals surface area contributed by atoms with Gasteiger partial charge in [0.25, 0.3) is 0 Å². The second kappa shape index (κ2) is 3.70. The van der Waals surface area contributed by atoms with E-state index in [1.54, 1.807) is 0 Å². The van der Waals surface area contributed by atoms with Crippen LogP contribution in [0.25, 0.3) is 0 Å². The first-order valence-electron chi connectivity index (χ1n) is 4.38. The van der Waals surface area contributed by atoms with E-state index < -0.39 is 5.92 Å². The van der Waals surface area contributed by atoms with Gasteiger partial charge in [-0.2, -0.15) is 0 Å². The van der Waals surface area contributed by atoms with E-state index in [4.69, 9.17) is 4.74 Å². The molecule has 0 saturated carbocycles.